The van der Waals surface area contributed by atoms with Crippen molar-refractivity contribution in [2.24, 2.45) is 0 Å². The summed E-state index contributed by atoms with van der Waals surface area (Å²) in [6.07, 6.45) is 7.19. The summed E-state index contributed by atoms with van der Waals surface area (Å²) in [5.41, 5.74) is 4.86. The van der Waals surface area contributed by atoms with Crippen LogP contribution in [0, 0.1) is 0 Å². The second kappa shape index (κ2) is 14.7. The summed E-state index contributed by atoms with van der Waals surface area (Å²) < 4.78 is 12.1. The molecule has 0 radical (unpaired) electrons. The number of aromatic nitrogens is 2. The maximum atomic E-state index is 13.9. The molecule has 1 unspecified atom stereocenters. The number of thiazole rings is 2. The predicted molar refractivity (Wildman–Crippen MR) is 196 cm³/mol. The van der Waals surface area contributed by atoms with Crippen LogP contribution in [0.2, 0.25) is 0 Å². The molecule has 1 aliphatic heterocycles. The van der Waals surface area contributed by atoms with E-state index < -0.39 is 0 Å². The Bertz CT molecular complexity index is 2010. The summed E-state index contributed by atoms with van der Waals surface area (Å²) >= 11 is 5.15. The minimum Gasteiger partial charge on any atom is -0.494 e. The van der Waals surface area contributed by atoms with Gasteiger partial charge in [0, 0.05) is 29.6 Å². The van der Waals surface area contributed by atoms with Gasteiger partial charge in [-0.3, -0.25) is 9.36 Å². The molecule has 0 N–H and O–H groups in total. The first-order valence-electron chi connectivity index (χ1n) is 16.0. The normalized spacial score (nSPS) is 15.5. The first-order valence-corrected chi connectivity index (χ1v) is 18.5. The molecule has 5 aromatic rings. The van der Waals surface area contributed by atoms with Gasteiger partial charge in [-0.2, -0.15) is 4.57 Å². The standard InChI is InChI=1S/C38H40N3O2S3/c1-5-23-41-35(26-34-40(7-3)36(27-17-11-9-12-18-27)37(46-34)28-19-13-10-14-20-28)45-32(38(41)42)24-29(43-8-4)25-33-39(6-2)30-21-15-16-22-31(30)44-33/h9-22,24-26,33H,5-8,23H2,1-4H3/q+1/b29-25?,32-24-. The zero-order valence-electron chi connectivity index (χ0n) is 26.8. The average Bonchev–Trinajstić information content (AvgIpc) is 3.73. The summed E-state index contributed by atoms with van der Waals surface area (Å²) in [6, 6.07) is 29.7. The average molecular weight is 667 g/mol. The molecule has 0 spiro atoms. The molecule has 3 heterocycles. The number of fused-ring (bicyclic) bond motifs is 1. The third kappa shape index (κ3) is 6.52. The van der Waals surface area contributed by atoms with Crippen LogP contribution in [0.5, 0.6) is 0 Å². The fraction of sp³-hybridized carbons (Fsp3) is 0.263. The van der Waals surface area contributed by atoms with Crippen LogP contribution in [0.4, 0.5) is 5.69 Å². The molecule has 0 fully saturated rings. The van der Waals surface area contributed by atoms with E-state index >= 15 is 0 Å². The van der Waals surface area contributed by atoms with E-state index in [-0.39, 0.29) is 10.9 Å². The smallest absolute Gasteiger partial charge is 0.269 e. The third-order valence-corrected chi connectivity index (χ3v) is 11.4. The number of ether oxygens (including phenoxy) is 1. The van der Waals surface area contributed by atoms with Crippen molar-refractivity contribution in [3.63, 3.8) is 0 Å². The molecule has 236 valence electrons. The van der Waals surface area contributed by atoms with Crippen LogP contribution in [0.1, 0.15) is 39.1 Å². The zero-order chi connectivity index (χ0) is 32.0. The minimum absolute atomic E-state index is 0.0320. The molecule has 8 heteroatoms. The summed E-state index contributed by atoms with van der Waals surface area (Å²) in [6.45, 7) is 11.4. The first kappa shape index (κ1) is 32.1. The molecule has 5 nitrogen and oxygen atoms in total. The highest BCUT2D eigenvalue weighted by atomic mass is 32.2. The van der Waals surface area contributed by atoms with Crippen LogP contribution in [-0.4, -0.2) is 23.1 Å². The van der Waals surface area contributed by atoms with E-state index in [1.165, 1.54) is 32.3 Å². The minimum atomic E-state index is 0.0320. The van der Waals surface area contributed by atoms with Crippen LogP contribution in [0.15, 0.2) is 106 Å². The highest BCUT2D eigenvalue weighted by molar-refractivity contribution is 8.00. The molecule has 0 amide bonds. The second-order valence-corrected chi connectivity index (χ2v) is 14.2. The molecule has 3 aromatic carbocycles. The highest BCUT2D eigenvalue weighted by Gasteiger charge is 2.28. The van der Waals surface area contributed by atoms with Gasteiger partial charge >= 0.3 is 0 Å². The van der Waals surface area contributed by atoms with Crippen molar-refractivity contribution in [1.29, 1.82) is 0 Å². The highest BCUT2D eigenvalue weighted by Crippen LogP contribution is 2.44. The SMILES string of the molecule is CCCn1c(=O)/c(=C/C(=CC2Sc3ccccc3N2CC)OCC)s/c1=C/c1sc(-c2ccccc2)c(-c2ccccc2)[n+]1CC. The lowest BCUT2D eigenvalue weighted by Gasteiger charge is -2.23. The Kier molecular flexibility index (Phi) is 10.3. The van der Waals surface area contributed by atoms with Crippen LogP contribution in [-0.2, 0) is 17.8 Å². The Balaban J connectivity index is 1.49. The van der Waals surface area contributed by atoms with Gasteiger partial charge in [-0.15, -0.1) is 11.3 Å². The number of allylic oxidation sites excluding steroid dienone is 1. The molecule has 6 rings (SSSR count). The molecular formula is C38H40N3O2S3+. The second-order valence-electron chi connectivity index (χ2n) is 10.9. The van der Waals surface area contributed by atoms with Crippen LogP contribution < -0.4 is 24.2 Å². The van der Waals surface area contributed by atoms with Gasteiger partial charge in [-0.1, -0.05) is 90.7 Å². The molecule has 0 saturated carbocycles. The van der Waals surface area contributed by atoms with E-state index in [1.807, 2.05) is 29.3 Å². The van der Waals surface area contributed by atoms with E-state index in [2.05, 4.69) is 127 Å². The number of hydrogen-bond acceptors (Lipinski definition) is 6. The Morgan fingerprint density at radius 3 is 2.26 bits per heavy atom. The third-order valence-electron chi connectivity index (χ3n) is 7.95. The summed E-state index contributed by atoms with van der Waals surface area (Å²) in [5.74, 6) is 0.734. The Hall–Kier alpha value is -3.85. The molecule has 46 heavy (non-hydrogen) atoms. The number of para-hydroxylation sites is 1. The van der Waals surface area contributed by atoms with Gasteiger partial charge in [-0.25, -0.2) is 0 Å². The number of likely N-dealkylation sites (N-methyl/N-ethyl adjacent to an activating group) is 1. The maximum absolute atomic E-state index is 13.9. The van der Waals surface area contributed by atoms with Crippen LogP contribution in [0.25, 0.3) is 33.9 Å². The Morgan fingerprint density at radius 1 is 0.891 bits per heavy atom. The zero-order valence-corrected chi connectivity index (χ0v) is 29.3. The van der Waals surface area contributed by atoms with Crippen molar-refractivity contribution < 1.29 is 9.30 Å². The largest absolute Gasteiger partial charge is 0.494 e. The quantitative estimate of drug-likeness (QED) is 0.108. The monoisotopic (exact) mass is 666 g/mol. The van der Waals surface area contributed by atoms with Crippen molar-refractivity contribution in [2.45, 2.75) is 57.5 Å². The molecule has 0 saturated heterocycles. The van der Waals surface area contributed by atoms with E-state index in [4.69, 9.17) is 4.74 Å². The lowest BCUT2D eigenvalue weighted by Crippen LogP contribution is -2.37. The predicted octanol–water partition coefficient (Wildman–Crippen LogP) is 7.51. The molecular weight excluding hydrogens is 627 g/mol. The maximum Gasteiger partial charge on any atom is 0.269 e. The summed E-state index contributed by atoms with van der Waals surface area (Å²) in [7, 11) is 0. The van der Waals surface area contributed by atoms with Crippen molar-refractivity contribution in [1.82, 2.24) is 4.57 Å². The van der Waals surface area contributed by atoms with Gasteiger partial charge in [0.25, 0.3) is 10.6 Å². The van der Waals surface area contributed by atoms with Crippen LogP contribution >= 0.6 is 34.4 Å². The van der Waals surface area contributed by atoms with Gasteiger partial charge in [0.15, 0.2) is 0 Å². The van der Waals surface area contributed by atoms with E-state index in [0.29, 0.717) is 17.7 Å². The lowest BCUT2D eigenvalue weighted by molar-refractivity contribution is -0.679. The van der Waals surface area contributed by atoms with Gasteiger partial charge in [0.05, 0.1) is 22.9 Å². The van der Waals surface area contributed by atoms with Gasteiger partial charge in [-0.05, 0) is 63.1 Å². The molecule has 0 bridgehead atoms. The van der Waals surface area contributed by atoms with Crippen molar-refractivity contribution in [3.8, 4) is 21.7 Å². The molecule has 1 atom stereocenters. The van der Waals surface area contributed by atoms with Gasteiger partial charge in [0.1, 0.15) is 27.2 Å². The summed E-state index contributed by atoms with van der Waals surface area (Å²) in [5, 5.41) is 1.23. The van der Waals surface area contributed by atoms with Crippen molar-refractivity contribution in [2.75, 3.05) is 18.1 Å². The van der Waals surface area contributed by atoms with E-state index in [1.54, 1.807) is 22.7 Å². The van der Waals surface area contributed by atoms with E-state index in [0.717, 1.165) is 34.9 Å². The molecule has 2 aromatic heterocycles. The Labute approximate surface area is 283 Å². The first-order chi connectivity index (χ1) is 22.6. The fourth-order valence-electron chi connectivity index (χ4n) is 5.89. The van der Waals surface area contributed by atoms with Gasteiger partial charge in [0.2, 0.25) is 5.69 Å². The molecule has 1 aliphatic rings. The number of thioether (sulfide) groups is 1. The van der Waals surface area contributed by atoms with Crippen molar-refractivity contribution in [3.05, 3.63) is 121 Å². The van der Waals surface area contributed by atoms with Gasteiger partial charge < -0.3 is 9.64 Å². The molecule has 0 aliphatic carbocycles. The number of anilines is 1. The fourth-order valence-corrected chi connectivity index (χ4v) is 9.62. The summed E-state index contributed by atoms with van der Waals surface area (Å²) in [4.78, 5) is 18.8. The topological polar surface area (TPSA) is 38.4 Å². The number of benzene rings is 3. The Morgan fingerprint density at radius 2 is 1.59 bits per heavy atom. The van der Waals surface area contributed by atoms with E-state index in [9.17, 15) is 4.79 Å². The van der Waals surface area contributed by atoms with Crippen molar-refractivity contribution >= 4 is 52.3 Å². The number of rotatable bonds is 11. The number of hydrogen-bond donors (Lipinski definition) is 0. The number of nitrogens with zero attached hydrogens (tertiary/aromatic N) is 3. The van der Waals surface area contributed by atoms with Crippen LogP contribution in [0.3, 0.4) is 0 Å². The lowest BCUT2D eigenvalue weighted by atomic mass is 10.1.